The number of nitrogens with zero attached hydrogens (tertiary/aromatic N) is 1. The van der Waals surface area contributed by atoms with Gasteiger partial charge >= 0.3 is 0 Å². The Morgan fingerprint density at radius 2 is 1.78 bits per heavy atom. The molecule has 1 heterocycles. The lowest BCUT2D eigenvalue weighted by molar-refractivity contribution is -0.120. The molecule has 192 valence electrons. The molecule has 1 saturated heterocycles. The van der Waals surface area contributed by atoms with Crippen molar-refractivity contribution in [1.82, 2.24) is 4.90 Å². The standard InChI is InChI=1S/C28H27ClF2N4O2/c29-20-10-11-25(23(31)15-20)34-28(37)22-17-35(14-13-30)16-21(22)19-8-5-18(6-9-19)7-12-27(36)33-26-4-2-1-3-24(26)32/h1-12,15,21-22H,13-14,16-17,32H2,(H,33,36)(H,34,37)/b12-7+. The summed E-state index contributed by atoms with van der Waals surface area (Å²) in [6, 6.07) is 18.5. The first-order valence-corrected chi connectivity index (χ1v) is 12.2. The molecule has 4 N–H and O–H groups in total. The van der Waals surface area contributed by atoms with E-state index >= 15 is 0 Å². The topological polar surface area (TPSA) is 87.5 Å². The van der Waals surface area contributed by atoms with Gasteiger partial charge in [0.25, 0.3) is 0 Å². The summed E-state index contributed by atoms with van der Waals surface area (Å²) in [7, 11) is 0. The van der Waals surface area contributed by atoms with Crippen molar-refractivity contribution in [3.05, 3.63) is 94.8 Å². The number of carbonyl (C=O) groups excluding carboxylic acids is 2. The number of nitrogen functional groups attached to an aromatic ring is 1. The van der Waals surface area contributed by atoms with E-state index in [4.69, 9.17) is 17.3 Å². The Morgan fingerprint density at radius 1 is 1.03 bits per heavy atom. The number of anilines is 3. The van der Waals surface area contributed by atoms with E-state index in [0.717, 1.165) is 17.2 Å². The molecule has 6 nitrogen and oxygen atoms in total. The normalized spacial score (nSPS) is 17.7. The van der Waals surface area contributed by atoms with Crippen LogP contribution in [0.2, 0.25) is 5.02 Å². The van der Waals surface area contributed by atoms with Gasteiger partial charge < -0.3 is 16.4 Å². The molecule has 2 atom stereocenters. The molecular weight excluding hydrogens is 498 g/mol. The third kappa shape index (κ3) is 6.72. The van der Waals surface area contributed by atoms with E-state index in [-0.39, 0.29) is 35.0 Å². The highest BCUT2D eigenvalue weighted by atomic mass is 35.5. The minimum atomic E-state index is -0.619. The van der Waals surface area contributed by atoms with E-state index in [0.29, 0.717) is 24.5 Å². The summed E-state index contributed by atoms with van der Waals surface area (Å²) < 4.78 is 27.3. The molecule has 0 bridgehead atoms. The van der Waals surface area contributed by atoms with Gasteiger partial charge in [-0.2, -0.15) is 0 Å². The lowest BCUT2D eigenvalue weighted by Gasteiger charge is -2.19. The predicted molar refractivity (Wildman–Crippen MR) is 144 cm³/mol. The van der Waals surface area contributed by atoms with E-state index in [1.165, 1.54) is 18.2 Å². The Bertz CT molecular complexity index is 1300. The van der Waals surface area contributed by atoms with Crippen LogP contribution in [-0.2, 0) is 9.59 Å². The molecule has 2 unspecified atom stereocenters. The number of nitrogens with one attached hydrogen (secondary N) is 2. The maximum Gasteiger partial charge on any atom is 0.248 e. The molecule has 4 rings (SSSR count). The molecule has 1 aliphatic heterocycles. The third-order valence-corrected chi connectivity index (χ3v) is 6.57. The summed E-state index contributed by atoms with van der Waals surface area (Å²) in [4.78, 5) is 27.3. The van der Waals surface area contributed by atoms with Crippen molar-refractivity contribution >= 4 is 46.6 Å². The van der Waals surface area contributed by atoms with Crippen molar-refractivity contribution in [2.45, 2.75) is 5.92 Å². The minimum Gasteiger partial charge on any atom is -0.397 e. The van der Waals surface area contributed by atoms with Crippen LogP contribution in [0.3, 0.4) is 0 Å². The molecule has 3 aromatic carbocycles. The quantitative estimate of drug-likeness (QED) is 0.274. The van der Waals surface area contributed by atoms with Crippen LogP contribution in [0.15, 0.2) is 72.8 Å². The summed E-state index contributed by atoms with van der Waals surface area (Å²) >= 11 is 5.81. The van der Waals surface area contributed by atoms with E-state index < -0.39 is 18.4 Å². The number of para-hydroxylation sites is 2. The van der Waals surface area contributed by atoms with Gasteiger partial charge in [0.05, 0.1) is 23.0 Å². The molecule has 0 aliphatic carbocycles. The van der Waals surface area contributed by atoms with Gasteiger partial charge in [0.2, 0.25) is 11.8 Å². The number of halogens is 3. The van der Waals surface area contributed by atoms with Gasteiger partial charge in [-0.1, -0.05) is 48.0 Å². The molecule has 3 aromatic rings. The first kappa shape index (κ1) is 26.3. The van der Waals surface area contributed by atoms with Gasteiger partial charge in [-0.3, -0.25) is 14.5 Å². The Morgan fingerprint density at radius 3 is 2.49 bits per heavy atom. The van der Waals surface area contributed by atoms with Gasteiger partial charge in [0, 0.05) is 36.7 Å². The second kappa shape index (κ2) is 12.0. The number of alkyl halides is 1. The summed E-state index contributed by atoms with van der Waals surface area (Å²) in [5.41, 5.74) is 8.61. The zero-order chi connectivity index (χ0) is 26.4. The van der Waals surface area contributed by atoms with E-state index in [2.05, 4.69) is 10.6 Å². The zero-order valence-corrected chi connectivity index (χ0v) is 20.7. The number of benzene rings is 3. The SMILES string of the molecule is Nc1ccccc1NC(=O)/C=C/c1ccc(C2CN(CCF)CC2C(=O)Nc2ccc(Cl)cc2F)cc1. The smallest absolute Gasteiger partial charge is 0.248 e. The van der Waals surface area contributed by atoms with E-state index in [9.17, 15) is 18.4 Å². The zero-order valence-electron chi connectivity index (χ0n) is 20.0. The van der Waals surface area contributed by atoms with Gasteiger partial charge in [-0.25, -0.2) is 8.78 Å². The van der Waals surface area contributed by atoms with Gasteiger partial charge in [-0.05, 0) is 47.5 Å². The van der Waals surface area contributed by atoms with Crippen molar-refractivity contribution < 1.29 is 18.4 Å². The molecule has 1 fully saturated rings. The Kier molecular flexibility index (Phi) is 8.53. The third-order valence-electron chi connectivity index (χ3n) is 6.33. The fourth-order valence-electron chi connectivity index (χ4n) is 4.42. The highest BCUT2D eigenvalue weighted by Gasteiger charge is 2.38. The van der Waals surface area contributed by atoms with Crippen molar-refractivity contribution in [3.63, 3.8) is 0 Å². The monoisotopic (exact) mass is 524 g/mol. The van der Waals surface area contributed by atoms with Gasteiger partial charge in [-0.15, -0.1) is 0 Å². The number of likely N-dealkylation sites (tertiary alicyclic amines) is 1. The Labute approximate surface area is 219 Å². The minimum absolute atomic E-state index is 0.0492. The van der Waals surface area contributed by atoms with Crippen molar-refractivity contribution in [1.29, 1.82) is 0 Å². The number of carbonyl (C=O) groups is 2. The first-order chi connectivity index (χ1) is 17.8. The number of hydrogen-bond donors (Lipinski definition) is 3. The van der Waals surface area contributed by atoms with Crippen molar-refractivity contribution in [3.8, 4) is 0 Å². The molecular formula is C28H27ClF2N4O2. The number of hydrogen-bond acceptors (Lipinski definition) is 4. The summed E-state index contributed by atoms with van der Waals surface area (Å²) in [5, 5.41) is 5.62. The highest BCUT2D eigenvalue weighted by Crippen LogP contribution is 2.34. The maximum absolute atomic E-state index is 14.2. The number of amides is 2. The molecule has 2 amide bonds. The number of nitrogens with two attached hydrogens (primary N) is 1. The Hall–Kier alpha value is -3.75. The molecule has 0 spiro atoms. The summed E-state index contributed by atoms with van der Waals surface area (Å²) in [6.45, 7) is 0.562. The first-order valence-electron chi connectivity index (χ1n) is 11.8. The number of rotatable bonds is 8. The van der Waals surface area contributed by atoms with Crippen LogP contribution in [0.4, 0.5) is 25.8 Å². The van der Waals surface area contributed by atoms with Crippen LogP contribution in [-0.4, -0.2) is 43.0 Å². The average molecular weight is 525 g/mol. The van der Waals surface area contributed by atoms with E-state index in [1.54, 1.807) is 30.3 Å². The van der Waals surface area contributed by atoms with Crippen molar-refractivity contribution in [2.75, 3.05) is 42.7 Å². The van der Waals surface area contributed by atoms with Crippen LogP contribution >= 0.6 is 11.6 Å². The Balaban J connectivity index is 1.45. The molecule has 9 heteroatoms. The summed E-state index contributed by atoms with van der Waals surface area (Å²) in [5.74, 6) is -1.97. The van der Waals surface area contributed by atoms with Crippen LogP contribution in [0.1, 0.15) is 17.0 Å². The molecule has 1 aliphatic rings. The molecule has 0 aromatic heterocycles. The van der Waals surface area contributed by atoms with Crippen molar-refractivity contribution in [2.24, 2.45) is 5.92 Å². The molecule has 0 saturated carbocycles. The molecule has 0 radical (unpaired) electrons. The van der Waals surface area contributed by atoms with Crippen LogP contribution in [0, 0.1) is 11.7 Å². The van der Waals surface area contributed by atoms with Crippen LogP contribution in [0.25, 0.3) is 6.08 Å². The predicted octanol–water partition coefficient (Wildman–Crippen LogP) is 5.34. The second-order valence-electron chi connectivity index (χ2n) is 8.85. The second-order valence-corrected chi connectivity index (χ2v) is 9.29. The summed E-state index contributed by atoms with van der Waals surface area (Å²) in [6.07, 6.45) is 3.09. The maximum atomic E-state index is 14.2. The highest BCUT2D eigenvalue weighted by molar-refractivity contribution is 6.30. The average Bonchev–Trinajstić information content (AvgIpc) is 3.30. The molecule has 37 heavy (non-hydrogen) atoms. The largest absolute Gasteiger partial charge is 0.397 e. The fraction of sp³-hybridized carbons (Fsp3) is 0.214. The lowest BCUT2D eigenvalue weighted by Crippen LogP contribution is -2.29. The van der Waals surface area contributed by atoms with Gasteiger partial charge in [0.15, 0.2) is 0 Å². The van der Waals surface area contributed by atoms with Crippen LogP contribution in [0.5, 0.6) is 0 Å². The fourth-order valence-corrected chi connectivity index (χ4v) is 4.58. The lowest BCUT2D eigenvalue weighted by atomic mass is 9.88. The van der Waals surface area contributed by atoms with Gasteiger partial charge in [0.1, 0.15) is 12.5 Å². The van der Waals surface area contributed by atoms with E-state index in [1.807, 2.05) is 29.2 Å². The van der Waals surface area contributed by atoms with Crippen LogP contribution < -0.4 is 16.4 Å².